The van der Waals surface area contributed by atoms with Gasteiger partial charge in [0.05, 0.1) is 7.11 Å². The van der Waals surface area contributed by atoms with E-state index in [0.717, 1.165) is 22.7 Å². The third kappa shape index (κ3) is 4.84. The number of nitrogens with zero attached hydrogens (tertiary/aromatic N) is 3. The summed E-state index contributed by atoms with van der Waals surface area (Å²) < 4.78 is 10.4. The lowest BCUT2D eigenvalue weighted by Gasteiger charge is -2.12. The molecule has 27 heavy (non-hydrogen) atoms. The van der Waals surface area contributed by atoms with Gasteiger partial charge in [-0.25, -0.2) is 0 Å². The van der Waals surface area contributed by atoms with E-state index in [9.17, 15) is 4.79 Å². The van der Waals surface area contributed by atoms with Crippen LogP contribution in [0.25, 0.3) is 11.4 Å². The molecule has 0 atom stereocenters. The Morgan fingerprint density at radius 3 is 2.44 bits per heavy atom. The van der Waals surface area contributed by atoms with Gasteiger partial charge in [-0.05, 0) is 48.5 Å². The summed E-state index contributed by atoms with van der Waals surface area (Å²) in [6, 6.07) is 15.0. The molecular formula is C20H22N4O3. The van der Waals surface area contributed by atoms with Crippen LogP contribution in [0.1, 0.15) is 12.3 Å². The maximum atomic E-state index is 12.1. The van der Waals surface area contributed by atoms with Crippen LogP contribution in [-0.4, -0.2) is 37.3 Å². The van der Waals surface area contributed by atoms with Crippen LogP contribution in [0.2, 0.25) is 0 Å². The average molecular weight is 366 g/mol. The zero-order valence-corrected chi connectivity index (χ0v) is 15.6. The molecule has 140 valence electrons. The Morgan fingerprint density at radius 1 is 1.11 bits per heavy atom. The standard InChI is InChI=1S/C20H22N4O3/c1-24(2)16-8-6-15(7-9-16)21-18(25)12-13-19-22-20(23-27-19)14-4-10-17(26-3)11-5-14/h4-11H,12-13H2,1-3H3,(H,21,25). The molecule has 1 heterocycles. The van der Waals surface area contributed by atoms with Gasteiger partial charge in [0.1, 0.15) is 5.75 Å². The largest absolute Gasteiger partial charge is 0.497 e. The Bertz CT molecular complexity index is 886. The van der Waals surface area contributed by atoms with Crippen molar-refractivity contribution in [3.63, 3.8) is 0 Å². The molecule has 7 heteroatoms. The molecule has 3 aromatic rings. The molecule has 0 radical (unpaired) electrons. The highest BCUT2D eigenvalue weighted by Crippen LogP contribution is 2.20. The quantitative estimate of drug-likeness (QED) is 0.690. The predicted octanol–water partition coefficient (Wildman–Crippen LogP) is 3.38. The maximum Gasteiger partial charge on any atom is 0.227 e. The molecule has 0 fully saturated rings. The number of anilines is 2. The Kier molecular flexibility index (Phi) is 5.71. The van der Waals surface area contributed by atoms with Gasteiger partial charge in [0, 0.05) is 43.9 Å². The van der Waals surface area contributed by atoms with Gasteiger partial charge in [0.2, 0.25) is 17.6 Å². The minimum absolute atomic E-state index is 0.100. The van der Waals surface area contributed by atoms with Gasteiger partial charge in [-0.15, -0.1) is 0 Å². The molecule has 1 amide bonds. The van der Waals surface area contributed by atoms with Crippen LogP contribution >= 0.6 is 0 Å². The topological polar surface area (TPSA) is 80.5 Å². The summed E-state index contributed by atoms with van der Waals surface area (Å²) in [5, 5.41) is 6.84. The van der Waals surface area contributed by atoms with E-state index in [4.69, 9.17) is 9.26 Å². The van der Waals surface area contributed by atoms with Crippen molar-refractivity contribution in [2.75, 3.05) is 31.4 Å². The maximum absolute atomic E-state index is 12.1. The monoisotopic (exact) mass is 366 g/mol. The number of methoxy groups -OCH3 is 1. The Hall–Kier alpha value is -3.35. The van der Waals surface area contributed by atoms with Crippen LogP contribution in [0.3, 0.4) is 0 Å². The molecule has 0 saturated carbocycles. The fraction of sp³-hybridized carbons (Fsp3) is 0.250. The summed E-state index contributed by atoms with van der Waals surface area (Å²) in [5.74, 6) is 1.58. The van der Waals surface area contributed by atoms with E-state index in [2.05, 4.69) is 15.5 Å². The summed E-state index contributed by atoms with van der Waals surface area (Å²) in [4.78, 5) is 18.5. The number of aromatic nitrogens is 2. The molecule has 0 aliphatic rings. The lowest BCUT2D eigenvalue weighted by atomic mass is 10.2. The van der Waals surface area contributed by atoms with Crippen LogP contribution in [0.15, 0.2) is 53.1 Å². The fourth-order valence-electron chi connectivity index (χ4n) is 2.50. The van der Waals surface area contributed by atoms with Gasteiger partial charge in [0.15, 0.2) is 0 Å². The summed E-state index contributed by atoms with van der Waals surface area (Å²) in [7, 11) is 5.56. The number of carbonyl (C=O) groups excluding carboxylic acids is 1. The molecule has 7 nitrogen and oxygen atoms in total. The van der Waals surface area contributed by atoms with Gasteiger partial charge in [-0.1, -0.05) is 5.16 Å². The summed E-state index contributed by atoms with van der Waals surface area (Å²) in [5.41, 5.74) is 2.66. The van der Waals surface area contributed by atoms with Crippen molar-refractivity contribution in [3.05, 3.63) is 54.4 Å². The van der Waals surface area contributed by atoms with E-state index in [1.807, 2.05) is 67.5 Å². The van der Waals surface area contributed by atoms with Crippen molar-refractivity contribution >= 4 is 17.3 Å². The van der Waals surface area contributed by atoms with Crippen LogP contribution in [-0.2, 0) is 11.2 Å². The number of amides is 1. The lowest BCUT2D eigenvalue weighted by Crippen LogP contribution is -2.13. The second kappa shape index (κ2) is 8.35. The minimum Gasteiger partial charge on any atom is -0.497 e. The van der Waals surface area contributed by atoms with Gasteiger partial charge in [0.25, 0.3) is 0 Å². The average Bonchev–Trinajstić information content (AvgIpc) is 3.16. The van der Waals surface area contributed by atoms with E-state index in [0.29, 0.717) is 18.1 Å². The Labute approximate surface area is 158 Å². The molecule has 0 aliphatic carbocycles. The highest BCUT2D eigenvalue weighted by Gasteiger charge is 2.11. The van der Waals surface area contributed by atoms with Gasteiger partial charge in [-0.3, -0.25) is 4.79 Å². The second-order valence-corrected chi connectivity index (χ2v) is 6.23. The van der Waals surface area contributed by atoms with Crippen molar-refractivity contribution in [2.45, 2.75) is 12.8 Å². The number of ether oxygens (including phenoxy) is 1. The smallest absolute Gasteiger partial charge is 0.227 e. The van der Waals surface area contributed by atoms with E-state index in [1.165, 1.54) is 0 Å². The number of nitrogens with one attached hydrogen (secondary N) is 1. The number of benzene rings is 2. The number of carbonyl (C=O) groups is 1. The molecule has 0 saturated heterocycles. The van der Waals surface area contributed by atoms with Crippen LogP contribution in [0, 0.1) is 0 Å². The first kappa shape index (κ1) is 18.4. The summed E-state index contributed by atoms with van der Waals surface area (Å²) in [6.07, 6.45) is 0.643. The lowest BCUT2D eigenvalue weighted by molar-refractivity contribution is -0.116. The van der Waals surface area contributed by atoms with E-state index in [1.54, 1.807) is 7.11 Å². The van der Waals surface area contributed by atoms with Gasteiger partial charge >= 0.3 is 0 Å². The van der Waals surface area contributed by atoms with Crippen molar-refractivity contribution in [1.82, 2.24) is 10.1 Å². The highest BCUT2D eigenvalue weighted by atomic mass is 16.5. The third-order valence-corrected chi connectivity index (χ3v) is 4.05. The van der Waals surface area contributed by atoms with Crippen LogP contribution in [0.5, 0.6) is 5.75 Å². The molecule has 1 N–H and O–H groups in total. The van der Waals surface area contributed by atoms with Crippen LogP contribution < -0.4 is 15.0 Å². The van der Waals surface area contributed by atoms with Crippen molar-refractivity contribution in [1.29, 1.82) is 0 Å². The zero-order valence-electron chi connectivity index (χ0n) is 15.6. The van der Waals surface area contributed by atoms with E-state index in [-0.39, 0.29) is 12.3 Å². The van der Waals surface area contributed by atoms with Crippen molar-refractivity contribution in [2.24, 2.45) is 0 Å². The first-order valence-corrected chi connectivity index (χ1v) is 8.59. The third-order valence-electron chi connectivity index (χ3n) is 4.05. The minimum atomic E-state index is -0.100. The molecule has 3 rings (SSSR count). The zero-order chi connectivity index (χ0) is 19.2. The van der Waals surface area contributed by atoms with Crippen molar-refractivity contribution < 1.29 is 14.1 Å². The molecular weight excluding hydrogens is 344 g/mol. The number of aryl methyl sites for hydroxylation is 1. The Balaban J connectivity index is 1.53. The predicted molar refractivity (Wildman–Crippen MR) is 104 cm³/mol. The fourth-order valence-corrected chi connectivity index (χ4v) is 2.50. The summed E-state index contributed by atoms with van der Waals surface area (Å²) >= 11 is 0. The molecule has 1 aromatic heterocycles. The molecule has 2 aromatic carbocycles. The normalized spacial score (nSPS) is 10.5. The second-order valence-electron chi connectivity index (χ2n) is 6.23. The first-order valence-electron chi connectivity index (χ1n) is 8.59. The molecule has 0 spiro atoms. The number of rotatable bonds is 7. The molecule has 0 aliphatic heterocycles. The van der Waals surface area contributed by atoms with Gasteiger partial charge < -0.3 is 19.5 Å². The summed E-state index contributed by atoms with van der Waals surface area (Å²) in [6.45, 7) is 0. The highest BCUT2D eigenvalue weighted by molar-refractivity contribution is 5.90. The van der Waals surface area contributed by atoms with E-state index >= 15 is 0 Å². The molecule has 0 bridgehead atoms. The van der Waals surface area contributed by atoms with E-state index < -0.39 is 0 Å². The SMILES string of the molecule is COc1ccc(-c2noc(CCC(=O)Nc3ccc(N(C)C)cc3)n2)cc1. The van der Waals surface area contributed by atoms with Crippen molar-refractivity contribution in [3.8, 4) is 17.1 Å². The van der Waals surface area contributed by atoms with Crippen LogP contribution in [0.4, 0.5) is 11.4 Å². The van der Waals surface area contributed by atoms with Gasteiger partial charge in [-0.2, -0.15) is 4.98 Å². The number of hydrogen-bond acceptors (Lipinski definition) is 6. The Morgan fingerprint density at radius 2 is 1.81 bits per heavy atom. The first-order chi connectivity index (χ1) is 13.0. The molecule has 0 unspecified atom stereocenters. The number of hydrogen-bond donors (Lipinski definition) is 1.